The molecule has 0 unspecified atom stereocenters. The van der Waals surface area contributed by atoms with Gasteiger partial charge in [-0.25, -0.2) is 0 Å². The highest BCUT2D eigenvalue weighted by molar-refractivity contribution is 8.03. The van der Waals surface area contributed by atoms with Gasteiger partial charge in [-0.1, -0.05) is 50.6 Å². The van der Waals surface area contributed by atoms with E-state index in [2.05, 4.69) is 5.32 Å². The minimum atomic E-state index is -0.403. The predicted molar refractivity (Wildman–Crippen MR) is 116 cm³/mol. The largest absolute Gasteiger partial charge is 0.455 e. The van der Waals surface area contributed by atoms with Crippen LogP contribution in [0.1, 0.15) is 42.9 Å². The van der Waals surface area contributed by atoms with Crippen LogP contribution in [-0.2, 0) is 14.3 Å². The summed E-state index contributed by atoms with van der Waals surface area (Å²) in [5.74, 6) is -1.08. The molecule has 0 radical (unpaired) electrons. The molecule has 2 atom stereocenters. The molecule has 0 heterocycles. The lowest BCUT2D eigenvalue weighted by atomic mass is 9.86. The van der Waals surface area contributed by atoms with Crippen molar-refractivity contribution < 1.29 is 14.3 Å². The van der Waals surface area contributed by atoms with Crippen molar-refractivity contribution in [1.29, 1.82) is 5.26 Å². The van der Waals surface area contributed by atoms with Gasteiger partial charge in [0.15, 0.2) is 6.61 Å². The van der Waals surface area contributed by atoms with Crippen LogP contribution >= 0.6 is 11.8 Å². The highest BCUT2D eigenvalue weighted by Crippen LogP contribution is 2.29. The lowest BCUT2D eigenvalue weighted by molar-refractivity contribution is -0.150. The molecule has 0 bridgehead atoms. The molecule has 0 saturated heterocycles. The van der Waals surface area contributed by atoms with Crippen LogP contribution in [0.2, 0.25) is 0 Å². The number of benzene rings is 2. The van der Waals surface area contributed by atoms with Crippen molar-refractivity contribution in [2.75, 3.05) is 11.9 Å². The van der Waals surface area contributed by atoms with E-state index >= 15 is 0 Å². The summed E-state index contributed by atoms with van der Waals surface area (Å²) in [6.07, 6.45) is 0.826. The molecule has 0 saturated carbocycles. The number of hydrogen-bond acceptors (Lipinski definition) is 5. The zero-order valence-corrected chi connectivity index (χ0v) is 18.0. The molecular weight excluding hydrogens is 384 g/mol. The third-order valence-electron chi connectivity index (χ3n) is 4.91. The number of carbonyl (C=O) groups is 2. The van der Waals surface area contributed by atoms with Crippen LogP contribution in [0.25, 0.3) is 0 Å². The Labute approximate surface area is 176 Å². The Morgan fingerprint density at radius 1 is 1.17 bits per heavy atom. The van der Waals surface area contributed by atoms with E-state index < -0.39 is 11.9 Å². The average Bonchev–Trinajstić information content (AvgIpc) is 2.70. The molecule has 5 nitrogen and oxygen atoms in total. The van der Waals surface area contributed by atoms with Crippen molar-refractivity contribution >= 4 is 29.3 Å². The number of nitrogens with zero attached hydrogens (tertiary/aromatic N) is 1. The van der Waals surface area contributed by atoms with Crippen LogP contribution in [0.15, 0.2) is 47.4 Å². The second kappa shape index (κ2) is 10.7. The molecule has 2 rings (SSSR count). The predicted octanol–water partition coefficient (Wildman–Crippen LogP) is 5.19. The molecule has 1 amide bonds. The van der Waals surface area contributed by atoms with E-state index in [9.17, 15) is 9.59 Å². The molecule has 0 aliphatic carbocycles. The molecule has 0 spiro atoms. The highest BCUT2D eigenvalue weighted by Gasteiger charge is 2.27. The summed E-state index contributed by atoms with van der Waals surface area (Å²) in [5.41, 5.74) is 3.27. The number of thioether (sulfide) groups is 1. The first-order valence-electron chi connectivity index (χ1n) is 9.56. The fourth-order valence-electron chi connectivity index (χ4n) is 3.23. The van der Waals surface area contributed by atoms with Gasteiger partial charge >= 0.3 is 5.97 Å². The summed E-state index contributed by atoms with van der Waals surface area (Å²) in [4.78, 5) is 25.9. The Hall–Kier alpha value is -2.78. The van der Waals surface area contributed by atoms with Crippen LogP contribution in [0.4, 0.5) is 5.69 Å². The number of thiocyanates is 1. The van der Waals surface area contributed by atoms with E-state index in [1.165, 1.54) is 0 Å². The molecular formula is C23H26N2O3S. The number of esters is 1. The maximum Gasteiger partial charge on any atom is 0.314 e. The molecule has 0 aromatic heterocycles. The topological polar surface area (TPSA) is 79.2 Å². The van der Waals surface area contributed by atoms with Gasteiger partial charge in [0.2, 0.25) is 0 Å². The van der Waals surface area contributed by atoms with Gasteiger partial charge in [-0.05, 0) is 60.4 Å². The smallest absolute Gasteiger partial charge is 0.314 e. The molecule has 0 fully saturated rings. The van der Waals surface area contributed by atoms with E-state index in [0.717, 1.165) is 39.8 Å². The minimum Gasteiger partial charge on any atom is -0.455 e. The Kier molecular flexibility index (Phi) is 8.29. The van der Waals surface area contributed by atoms with Gasteiger partial charge in [-0.3, -0.25) is 9.59 Å². The number of nitrogens with one attached hydrogen (secondary N) is 1. The van der Waals surface area contributed by atoms with Gasteiger partial charge < -0.3 is 10.1 Å². The quantitative estimate of drug-likeness (QED) is 0.368. The maximum atomic E-state index is 12.7. The van der Waals surface area contributed by atoms with Crippen molar-refractivity contribution in [1.82, 2.24) is 0 Å². The molecule has 1 N–H and O–H groups in total. The fraction of sp³-hybridized carbons (Fsp3) is 0.348. The molecule has 6 heteroatoms. The number of rotatable bonds is 8. The van der Waals surface area contributed by atoms with Gasteiger partial charge in [0.25, 0.3) is 5.91 Å². The number of carbonyl (C=O) groups excluding carboxylic acids is 2. The molecule has 0 aliphatic rings. The standard InChI is InChI=1S/C23H26N2O3S/c1-5-15(2)21(18-9-7-6-8-10-18)23(27)28-13-20(26)25-22-16(3)11-19(29-14-24)12-17(22)4/h6-12,15,21H,5,13H2,1-4H3,(H,25,26)/t15-,21-/m0/s1. The van der Waals surface area contributed by atoms with E-state index in [-0.39, 0.29) is 18.4 Å². The Balaban J connectivity index is 2.04. The lowest BCUT2D eigenvalue weighted by Crippen LogP contribution is -2.27. The van der Waals surface area contributed by atoms with Gasteiger partial charge in [0, 0.05) is 10.6 Å². The van der Waals surface area contributed by atoms with Crippen molar-refractivity contribution in [2.24, 2.45) is 5.92 Å². The van der Waals surface area contributed by atoms with Crippen LogP contribution in [0, 0.1) is 30.4 Å². The second-order valence-electron chi connectivity index (χ2n) is 7.06. The fourth-order valence-corrected chi connectivity index (χ4v) is 3.80. The third kappa shape index (κ3) is 6.10. The minimum absolute atomic E-state index is 0.0997. The number of aryl methyl sites for hydroxylation is 2. The molecule has 0 aliphatic heterocycles. The Morgan fingerprint density at radius 3 is 2.34 bits per heavy atom. The second-order valence-corrected chi connectivity index (χ2v) is 7.91. The van der Waals surface area contributed by atoms with Gasteiger partial charge in [-0.15, -0.1) is 0 Å². The van der Waals surface area contributed by atoms with Crippen molar-refractivity contribution in [3.8, 4) is 5.40 Å². The first kappa shape index (κ1) is 22.5. The summed E-state index contributed by atoms with van der Waals surface area (Å²) >= 11 is 1.07. The summed E-state index contributed by atoms with van der Waals surface area (Å²) in [6.45, 7) is 7.42. The Bertz CT molecular complexity index is 883. The van der Waals surface area contributed by atoms with Crippen LogP contribution in [-0.4, -0.2) is 18.5 Å². The molecule has 2 aromatic carbocycles. The summed E-state index contributed by atoms with van der Waals surface area (Å²) < 4.78 is 5.36. The highest BCUT2D eigenvalue weighted by atomic mass is 32.2. The zero-order valence-electron chi connectivity index (χ0n) is 17.2. The van der Waals surface area contributed by atoms with Crippen molar-refractivity contribution in [3.05, 3.63) is 59.2 Å². The maximum absolute atomic E-state index is 12.7. The lowest BCUT2D eigenvalue weighted by Gasteiger charge is -2.22. The van der Waals surface area contributed by atoms with E-state index in [1.807, 2.05) is 75.6 Å². The molecule has 2 aromatic rings. The van der Waals surface area contributed by atoms with Gasteiger partial charge in [-0.2, -0.15) is 5.26 Å². The van der Waals surface area contributed by atoms with Gasteiger partial charge in [0.05, 0.1) is 5.92 Å². The summed E-state index contributed by atoms with van der Waals surface area (Å²) in [6, 6.07) is 13.2. The van der Waals surface area contributed by atoms with Crippen molar-refractivity contribution in [2.45, 2.75) is 44.9 Å². The summed E-state index contributed by atoms with van der Waals surface area (Å²) in [7, 11) is 0. The number of ether oxygens (including phenoxy) is 1. The number of hydrogen-bond donors (Lipinski definition) is 1. The zero-order chi connectivity index (χ0) is 21.4. The van der Waals surface area contributed by atoms with E-state index in [1.54, 1.807) is 0 Å². The SMILES string of the molecule is CC[C@H](C)[C@H](C(=O)OCC(=O)Nc1c(C)cc(SC#N)cc1C)c1ccccc1. The van der Waals surface area contributed by atoms with Gasteiger partial charge in [0.1, 0.15) is 5.40 Å². The van der Waals surface area contributed by atoms with E-state index in [4.69, 9.17) is 10.00 Å². The van der Waals surface area contributed by atoms with E-state index in [0.29, 0.717) is 5.69 Å². The molecule has 152 valence electrons. The van der Waals surface area contributed by atoms with Crippen LogP contribution < -0.4 is 5.32 Å². The molecule has 29 heavy (non-hydrogen) atoms. The third-order valence-corrected chi connectivity index (χ3v) is 5.47. The Morgan fingerprint density at radius 2 is 1.79 bits per heavy atom. The first-order valence-corrected chi connectivity index (χ1v) is 10.4. The normalized spacial score (nSPS) is 12.5. The summed E-state index contributed by atoms with van der Waals surface area (Å²) in [5, 5.41) is 13.7. The van der Waals surface area contributed by atoms with Crippen LogP contribution in [0.5, 0.6) is 0 Å². The number of anilines is 1. The van der Waals surface area contributed by atoms with Crippen molar-refractivity contribution in [3.63, 3.8) is 0 Å². The average molecular weight is 411 g/mol. The monoisotopic (exact) mass is 410 g/mol. The number of amides is 1. The number of nitriles is 1. The van der Waals surface area contributed by atoms with Crippen LogP contribution in [0.3, 0.4) is 0 Å². The first-order chi connectivity index (χ1) is 13.9.